The van der Waals surface area contributed by atoms with E-state index in [4.69, 9.17) is 9.47 Å². The quantitative estimate of drug-likeness (QED) is 0.706. The summed E-state index contributed by atoms with van der Waals surface area (Å²) < 4.78 is 10.8. The molecule has 7 heteroatoms. The molecule has 6 nitrogen and oxygen atoms in total. The minimum Gasteiger partial charge on any atom is -0.454 e. The molecular formula is C23H29N3O3S. The molecule has 4 rings (SSSR count). The molecule has 0 atom stereocenters. The van der Waals surface area contributed by atoms with Crippen LogP contribution in [0.3, 0.4) is 0 Å². The molecule has 2 aromatic rings. The average molecular weight is 428 g/mol. The number of rotatable bonds is 7. The third-order valence-electron chi connectivity index (χ3n) is 5.51. The van der Waals surface area contributed by atoms with Crippen LogP contribution in [0.4, 0.5) is 5.69 Å². The van der Waals surface area contributed by atoms with E-state index in [1.807, 2.05) is 42.1 Å². The lowest BCUT2D eigenvalue weighted by Gasteiger charge is -2.27. The van der Waals surface area contributed by atoms with Gasteiger partial charge < -0.3 is 14.8 Å². The van der Waals surface area contributed by atoms with Crippen molar-refractivity contribution in [3.8, 4) is 11.5 Å². The van der Waals surface area contributed by atoms with Crippen LogP contribution < -0.4 is 20.1 Å². The van der Waals surface area contributed by atoms with Crippen molar-refractivity contribution in [3.63, 3.8) is 0 Å². The zero-order valence-electron chi connectivity index (χ0n) is 17.6. The number of nitrogens with zero attached hydrogens (tertiary/aromatic N) is 1. The molecular weight excluding hydrogens is 398 g/mol. The highest BCUT2D eigenvalue weighted by Gasteiger charge is 2.24. The topological polar surface area (TPSA) is 62.8 Å². The Kier molecular flexibility index (Phi) is 6.51. The minimum atomic E-state index is -0.382. The largest absolute Gasteiger partial charge is 0.454 e. The van der Waals surface area contributed by atoms with E-state index in [0.29, 0.717) is 0 Å². The van der Waals surface area contributed by atoms with Gasteiger partial charge in [0.25, 0.3) is 0 Å². The van der Waals surface area contributed by atoms with Crippen LogP contribution in [-0.4, -0.2) is 48.7 Å². The molecule has 0 bridgehead atoms. The van der Waals surface area contributed by atoms with Gasteiger partial charge in [0, 0.05) is 42.4 Å². The predicted octanol–water partition coefficient (Wildman–Crippen LogP) is 3.43. The van der Waals surface area contributed by atoms with Gasteiger partial charge >= 0.3 is 0 Å². The predicted molar refractivity (Wildman–Crippen MR) is 121 cm³/mol. The van der Waals surface area contributed by atoms with E-state index in [2.05, 4.69) is 41.5 Å². The molecule has 0 aliphatic carbocycles. The van der Waals surface area contributed by atoms with E-state index >= 15 is 0 Å². The Hall–Kier alpha value is -2.22. The number of hydrogen-bond acceptors (Lipinski definition) is 6. The monoisotopic (exact) mass is 427 g/mol. The molecule has 30 heavy (non-hydrogen) atoms. The van der Waals surface area contributed by atoms with Crippen molar-refractivity contribution in [1.82, 2.24) is 10.2 Å². The zero-order chi connectivity index (χ0) is 21.0. The Bertz CT molecular complexity index is 897. The van der Waals surface area contributed by atoms with E-state index in [0.717, 1.165) is 42.4 Å². The molecule has 2 aromatic carbocycles. The van der Waals surface area contributed by atoms with Gasteiger partial charge in [0.1, 0.15) is 0 Å². The second kappa shape index (κ2) is 9.29. The number of benzene rings is 2. The summed E-state index contributed by atoms with van der Waals surface area (Å²) >= 11 is 2.01. The summed E-state index contributed by atoms with van der Waals surface area (Å²) in [6.45, 7) is 7.75. The van der Waals surface area contributed by atoms with Gasteiger partial charge in [-0.2, -0.15) is 11.8 Å². The highest BCUT2D eigenvalue weighted by molar-refractivity contribution is 7.99. The van der Waals surface area contributed by atoms with Gasteiger partial charge in [0.05, 0.1) is 6.54 Å². The van der Waals surface area contributed by atoms with Crippen LogP contribution in [0.25, 0.3) is 0 Å². The molecule has 2 heterocycles. The molecule has 1 fully saturated rings. The van der Waals surface area contributed by atoms with Gasteiger partial charge in [0.15, 0.2) is 11.5 Å². The van der Waals surface area contributed by atoms with Gasteiger partial charge in [-0.1, -0.05) is 18.2 Å². The molecule has 1 saturated heterocycles. The number of fused-ring (bicyclic) bond motifs is 1. The normalized spacial score (nSPS) is 16.5. The number of carbonyl (C=O) groups is 1. The fourth-order valence-corrected chi connectivity index (χ4v) is 4.64. The van der Waals surface area contributed by atoms with Crippen LogP contribution in [0.1, 0.15) is 25.0 Å². The lowest BCUT2D eigenvalue weighted by molar-refractivity contribution is -0.115. The highest BCUT2D eigenvalue weighted by atomic mass is 32.2. The molecule has 0 saturated carbocycles. The van der Waals surface area contributed by atoms with Crippen molar-refractivity contribution in [2.45, 2.75) is 25.9 Å². The van der Waals surface area contributed by atoms with E-state index < -0.39 is 0 Å². The molecule has 2 aliphatic rings. The maximum atomic E-state index is 12.5. The lowest BCUT2D eigenvalue weighted by atomic mass is 9.94. The summed E-state index contributed by atoms with van der Waals surface area (Å²) in [6, 6.07) is 14.0. The molecule has 0 aromatic heterocycles. The lowest BCUT2D eigenvalue weighted by Crippen LogP contribution is -2.41. The number of amides is 1. The maximum Gasteiger partial charge on any atom is 0.238 e. The maximum absolute atomic E-state index is 12.5. The second-order valence-electron chi connectivity index (χ2n) is 8.18. The number of nitrogens with one attached hydrogen (secondary N) is 2. The SMILES string of the molecule is CC(C)(NCC(=O)Nc1cccc(CN2CCSCC2)c1)c1ccc2c(c1)OCO2. The van der Waals surface area contributed by atoms with Crippen molar-refractivity contribution < 1.29 is 14.3 Å². The number of hydrogen-bond donors (Lipinski definition) is 2. The highest BCUT2D eigenvalue weighted by Crippen LogP contribution is 2.35. The first-order valence-corrected chi connectivity index (χ1v) is 11.5. The number of thioether (sulfide) groups is 1. The van der Waals surface area contributed by atoms with Gasteiger partial charge in [-0.3, -0.25) is 15.0 Å². The summed E-state index contributed by atoms with van der Waals surface area (Å²) in [6.07, 6.45) is 0. The van der Waals surface area contributed by atoms with Crippen molar-refractivity contribution in [2.75, 3.05) is 43.2 Å². The molecule has 0 radical (unpaired) electrons. The molecule has 1 amide bonds. The summed E-state index contributed by atoms with van der Waals surface area (Å²) in [4.78, 5) is 15.0. The smallest absolute Gasteiger partial charge is 0.238 e. The molecule has 0 spiro atoms. The molecule has 160 valence electrons. The third kappa shape index (κ3) is 5.28. The van der Waals surface area contributed by atoms with Crippen LogP contribution in [-0.2, 0) is 16.9 Å². The zero-order valence-corrected chi connectivity index (χ0v) is 18.4. The van der Waals surface area contributed by atoms with Crippen molar-refractivity contribution in [1.29, 1.82) is 0 Å². The van der Waals surface area contributed by atoms with Crippen LogP contribution >= 0.6 is 11.8 Å². The van der Waals surface area contributed by atoms with Crippen molar-refractivity contribution >= 4 is 23.4 Å². The molecule has 2 N–H and O–H groups in total. The van der Waals surface area contributed by atoms with Crippen LogP contribution in [0, 0.1) is 0 Å². The van der Waals surface area contributed by atoms with Crippen LogP contribution in [0.5, 0.6) is 11.5 Å². The summed E-state index contributed by atoms with van der Waals surface area (Å²) in [5, 5.41) is 6.36. The Balaban J connectivity index is 1.31. The Morgan fingerprint density at radius 2 is 1.90 bits per heavy atom. The fourth-order valence-electron chi connectivity index (χ4n) is 3.66. The van der Waals surface area contributed by atoms with E-state index in [9.17, 15) is 4.79 Å². The summed E-state index contributed by atoms with van der Waals surface area (Å²) in [5.41, 5.74) is 2.73. The minimum absolute atomic E-state index is 0.0599. The van der Waals surface area contributed by atoms with E-state index in [1.54, 1.807) is 0 Å². The molecule has 2 aliphatic heterocycles. The average Bonchev–Trinajstić information content (AvgIpc) is 3.21. The number of carbonyl (C=O) groups excluding carboxylic acids is 1. The van der Waals surface area contributed by atoms with Gasteiger partial charge in [-0.25, -0.2) is 0 Å². The first-order chi connectivity index (χ1) is 14.5. The standard InChI is InChI=1S/C23H29N3O3S/c1-23(2,18-6-7-20-21(13-18)29-16-28-20)24-14-22(27)25-19-5-3-4-17(12-19)15-26-8-10-30-11-9-26/h3-7,12-13,24H,8-11,14-16H2,1-2H3,(H,25,27). The van der Waals surface area contributed by atoms with Crippen molar-refractivity contribution in [2.24, 2.45) is 0 Å². The first-order valence-electron chi connectivity index (χ1n) is 10.3. The van der Waals surface area contributed by atoms with Gasteiger partial charge in [-0.05, 0) is 49.2 Å². The fraction of sp³-hybridized carbons (Fsp3) is 0.435. The van der Waals surface area contributed by atoms with Crippen LogP contribution in [0.15, 0.2) is 42.5 Å². The van der Waals surface area contributed by atoms with Crippen molar-refractivity contribution in [3.05, 3.63) is 53.6 Å². The Morgan fingerprint density at radius 1 is 1.10 bits per heavy atom. The summed E-state index contributed by atoms with van der Waals surface area (Å²) in [7, 11) is 0. The van der Waals surface area contributed by atoms with Crippen LogP contribution in [0.2, 0.25) is 0 Å². The summed E-state index contributed by atoms with van der Waals surface area (Å²) in [5.74, 6) is 3.84. The third-order valence-corrected chi connectivity index (χ3v) is 6.45. The van der Waals surface area contributed by atoms with E-state index in [-0.39, 0.29) is 24.8 Å². The first kappa shape index (κ1) is 21.0. The number of anilines is 1. The Labute approximate surface area is 182 Å². The van der Waals surface area contributed by atoms with E-state index in [1.165, 1.54) is 17.1 Å². The number of ether oxygens (including phenoxy) is 2. The molecule has 0 unspecified atom stereocenters. The Morgan fingerprint density at radius 3 is 2.73 bits per heavy atom. The second-order valence-corrected chi connectivity index (χ2v) is 9.41. The van der Waals surface area contributed by atoms with Gasteiger partial charge in [-0.15, -0.1) is 0 Å². The van der Waals surface area contributed by atoms with Gasteiger partial charge in [0.2, 0.25) is 12.7 Å².